The fraction of sp³-hybridized carbons (Fsp3) is 0.333. The van der Waals surface area contributed by atoms with Crippen molar-refractivity contribution in [3.05, 3.63) is 106 Å². The molecule has 0 radical (unpaired) electrons. The van der Waals surface area contributed by atoms with Crippen molar-refractivity contribution in [2.45, 2.75) is 98.6 Å². The predicted molar refractivity (Wildman–Crippen MR) is 182 cm³/mol. The first-order valence-corrected chi connectivity index (χ1v) is 19.3. The van der Waals surface area contributed by atoms with Crippen LogP contribution in [-0.2, 0) is 45.4 Å². The highest BCUT2D eigenvalue weighted by atomic mass is 32.2. The molecular formula is C36H38N6O4S2. The minimum absolute atomic E-state index is 0.227. The third kappa shape index (κ3) is 5.31. The largest absolute Gasteiger partial charge is 0.232 e. The lowest BCUT2D eigenvalue weighted by Gasteiger charge is -2.18. The smallest absolute Gasteiger partial charge is 0.212 e. The lowest BCUT2D eigenvalue weighted by Crippen LogP contribution is -2.13. The Kier molecular flexibility index (Phi) is 8.19. The lowest BCUT2D eigenvalue weighted by molar-refractivity contribution is 0.594. The molecule has 48 heavy (non-hydrogen) atoms. The Labute approximate surface area is 280 Å². The highest BCUT2D eigenvalue weighted by Crippen LogP contribution is 2.33. The van der Waals surface area contributed by atoms with Gasteiger partial charge in [0.25, 0.3) is 0 Å². The highest BCUT2D eigenvalue weighted by molar-refractivity contribution is 7.92. The summed E-state index contributed by atoms with van der Waals surface area (Å²) in [7, 11) is -7.28. The average Bonchev–Trinajstić information content (AvgIpc) is 3.62. The van der Waals surface area contributed by atoms with E-state index in [1.807, 2.05) is 13.8 Å². The van der Waals surface area contributed by atoms with E-state index in [9.17, 15) is 16.8 Å². The van der Waals surface area contributed by atoms with Crippen molar-refractivity contribution in [1.82, 2.24) is 29.2 Å². The van der Waals surface area contributed by atoms with Gasteiger partial charge in [0.2, 0.25) is 19.7 Å². The van der Waals surface area contributed by atoms with Gasteiger partial charge in [-0.1, -0.05) is 36.4 Å². The molecule has 0 N–H and O–H groups in total. The van der Waals surface area contributed by atoms with Crippen LogP contribution >= 0.6 is 0 Å². The van der Waals surface area contributed by atoms with E-state index in [0.29, 0.717) is 22.7 Å². The van der Waals surface area contributed by atoms with Gasteiger partial charge in [0.1, 0.15) is 9.79 Å². The number of fused-ring (bicyclic) bond motifs is 5. The van der Waals surface area contributed by atoms with Crippen molar-refractivity contribution in [1.29, 1.82) is 0 Å². The molecule has 0 bridgehead atoms. The van der Waals surface area contributed by atoms with Gasteiger partial charge in [-0.15, -0.1) is 0 Å². The van der Waals surface area contributed by atoms with Crippen LogP contribution in [0.15, 0.2) is 80.2 Å². The second kappa shape index (κ2) is 12.2. The zero-order valence-electron chi connectivity index (χ0n) is 27.6. The molecule has 6 aromatic rings. The number of aryl methyl sites for hydroxylation is 6. The summed E-state index contributed by atoms with van der Waals surface area (Å²) in [6.45, 7) is 7.45. The molecule has 12 heteroatoms. The molecule has 248 valence electrons. The number of hydrogen-bond acceptors (Lipinski definition) is 8. The molecule has 2 aromatic carbocycles. The quantitative estimate of drug-likeness (QED) is 0.218. The Morgan fingerprint density at radius 2 is 1.02 bits per heavy atom. The molecule has 0 spiro atoms. The number of sulfone groups is 2. The molecule has 0 aliphatic heterocycles. The molecule has 10 nitrogen and oxygen atoms in total. The summed E-state index contributed by atoms with van der Waals surface area (Å²) in [6.07, 6.45) is 8.30. The van der Waals surface area contributed by atoms with Gasteiger partial charge in [-0.2, -0.15) is 10.2 Å². The first kappa shape index (κ1) is 32.1. The Morgan fingerprint density at radius 1 is 0.542 bits per heavy atom. The molecule has 0 saturated carbocycles. The SMILES string of the molecule is Cc1nc2c(S(=O)(=O)c3ccccc3)c(C)nn2c2c1CCCC2.Cc1nn2c(C)c3c(nc2c1S(=O)(=O)c1ccccc1)CCCC3. The molecule has 0 amide bonds. The van der Waals surface area contributed by atoms with Gasteiger partial charge in [-0.3, -0.25) is 0 Å². The van der Waals surface area contributed by atoms with Gasteiger partial charge in [-0.25, -0.2) is 35.8 Å². The highest BCUT2D eigenvalue weighted by Gasteiger charge is 2.30. The third-order valence-electron chi connectivity index (χ3n) is 9.45. The zero-order chi connectivity index (χ0) is 33.8. The lowest BCUT2D eigenvalue weighted by atomic mass is 9.95. The fourth-order valence-electron chi connectivity index (χ4n) is 7.08. The van der Waals surface area contributed by atoms with Crippen LogP contribution in [0.2, 0.25) is 0 Å². The van der Waals surface area contributed by atoms with Crippen LogP contribution in [0.4, 0.5) is 0 Å². The summed E-state index contributed by atoms with van der Waals surface area (Å²) in [6, 6.07) is 17.0. The van der Waals surface area contributed by atoms with Crippen molar-refractivity contribution in [2.24, 2.45) is 0 Å². The summed E-state index contributed by atoms with van der Waals surface area (Å²) < 4.78 is 55.9. The Hall–Kier alpha value is -4.42. The topological polar surface area (TPSA) is 129 Å². The second-order valence-corrected chi connectivity index (χ2v) is 16.4. The molecule has 0 atom stereocenters. The van der Waals surface area contributed by atoms with E-state index >= 15 is 0 Å². The number of hydrogen-bond donors (Lipinski definition) is 0. The van der Waals surface area contributed by atoms with Crippen molar-refractivity contribution in [3.63, 3.8) is 0 Å². The molecule has 2 aliphatic rings. The maximum Gasteiger partial charge on any atom is 0.212 e. The summed E-state index contributed by atoms with van der Waals surface area (Å²) >= 11 is 0. The van der Waals surface area contributed by atoms with Crippen LogP contribution in [0.1, 0.15) is 71.0 Å². The van der Waals surface area contributed by atoms with Gasteiger partial charge < -0.3 is 0 Å². The summed E-state index contributed by atoms with van der Waals surface area (Å²) in [5.74, 6) is 0. The molecular weight excluding hydrogens is 645 g/mol. The monoisotopic (exact) mass is 682 g/mol. The molecule has 4 heterocycles. The number of benzene rings is 2. The Morgan fingerprint density at radius 3 is 1.60 bits per heavy atom. The molecule has 8 rings (SSSR count). The van der Waals surface area contributed by atoms with Crippen LogP contribution < -0.4 is 0 Å². The van der Waals surface area contributed by atoms with Crippen molar-refractivity contribution < 1.29 is 16.8 Å². The zero-order valence-corrected chi connectivity index (χ0v) is 29.2. The van der Waals surface area contributed by atoms with Crippen LogP contribution in [0.5, 0.6) is 0 Å². The van der Waals surface area contributed by atoms with E-state index in [1.165, 1.54) is 11.1 Å². The van der Waals surface area contributed by atoms with E-state index < -0.39 is 19.7 Å². The van der Waals surface area contributed by atoms with E-state index in [1.54, 1.807) is 83.5 Å². The molecule has 0 fully saturated rings. The first-order chi connectivity index (χ1) is 23.0. The minimum Gasteiger partial charge on any atom is -0.232 e. The molecule has 4 aromatic heterocycles. The molecule has 0 saturated heterocycles. The Bertz CT molecular complexity index is 2340. The van der Waals surface area contributed by atoms with Gasteiger partial charge >= 0.3 is 0 Å². The summed E-state index contributed by atoms with van der Waals surface area (Å²) in [4.78, 5) is 10.3. The van der Waals surface area contributed by atoms with Gasteiger partial charge in [0.05, 0.1) is 21.2 Å². The summed E-state index contributed by atoms with van der Waals surface area (Å²) in [5, 5.41) is 9.02. The van der Waals surface area contributed by atoms with E-state index in [2.05, 4.69) is 15.2 Å². The standard InChI is InChI=1S/2C18H19N3O2S/c1-12-17(24(22,23)14-8-4-3-5-9-14)18-19-16-11-7-6-10-15(16)13(2)21(18)20-12;1-12-15-10-6-7-11-16(15)21-18(19-12)17(13(2)20-21)24(22,23)14-8-4-3-5-9-14/h2*3-5,8-9H,6-7,10-11H2,1-2H3. The maximum atomic E-state index is 13.1. The average molecular weight is 683 g/mol. The number of nitrogens with zero attached hydrogens (tertiary/aromatic N) is 6. The third-order valence-corrected chi connectivity index (χ3v) is 13.3. The number of aromatic nitrogens is 6. The van der Waals surface area contributed by atoms with Crippen LogP contribution in [0.3, 0.4) is 0 Å². The predicted octanol–water partition coefficient (Wildman–Crippen LogP) is 6.12. The van der Waals surface area contributed by atoms with E-state index in [4.69, 9.17) is 4.98 Å². The second-order valence-electron chi connectivity index (χ2n) is 12.6. The summed E-state index contributed by atoms with van der Waals surface area (Å²) in [5.41, 5.74) is 8.41. The Balaban J connectivity index is 0.000000152. The van der Waals surface area contributed by atoms with Gasteiger partial charge in [0.15, 0.2) is 11.3 Å². The normalized spacial score (nSPS) is 14.8. The van der Waals surface area contributed by atoms with Crippen molar-refractivity contribution in [3.8, 4) is 0 Å². The van der Waals surface area contributed by atoms with Crippen LogP contribution in [0, 0.1) is 27.7 Å². The van der Waals surface area contributed by atoms with Crippen molar-refractivity contribution in [2.75, 3.05) is 0 Å². The first-order valence-electron chi connectivity index (χ1n) is 16.4. The van der Waals surface area contributed by atoms with E-state index in [-0.39, 0.29) is 19.6 Å². The van der Waals surface area contributed by atoms with Gasteiger partial charge in [0, 0.05) is 22.8 Å². The number of rotatable bonds is 4. The van der Waals surface area contributed by atoms with Gasteiger partial charge in [-0.05, 0) is 114 Å². The fourth-order valence-corrected chi connectivity index (χ4v) is 10.2. The van der Waals surface area contributed by atoms with E-state index in [0.717, 1.165) is 74.1 Å². The van der Waals surface area contributed by atoms with Crippen LogP contribution in [0.25, 0.3) is 11.3 Å². The molecule has 2 aliphatic carbocycles. The van der Waals surface area contributed by atoms with Crippen molar-refractivity contribution >= 4 is 31.0 Å². The molecule has 0 unspecified atom stereocenters. The minimum atomic E-state index is -3.64. The maximum absolute atomic E-state index is 13.1. The van der Waals surface area contributed by atoms with Crippen LogP contribution in [-0.4, -0.2) is 46.0 Å².